The molecule has 14 heteroatoms. The van der Waals surface area contributed by atoms with Crippen molar-refractivity contribution in [1.82, 2.24) is 0 Å². The molecule has 0 aliphatic rings. The van der Waals surface area contributed by atoms with Crippen LogP contribution in [0, 0.1) is 20.8 Å². The Bertz CT molecular complexity index is 1500. The van der Waals surface area contributed by atoms with Crippen molar-refractivity contribution in [2.75, 3.05) is 19.8 Å². The second-order valence-corrected chi connectivity index (χ2v) is 16.7. The molecule has 0 bridgehead atoms. The number of furan rings is 2. The van der Waals surface area contributed by atoms with Gasteiger partial charge in [-0.25, -0.2) is 4.57 Å². The largest absolute Gasteiger partial charge is 0.480 e. The zero-order valence-electron chi connectivity index (χ0n) is 35.4. The van der Waals surface area contributed by atoms with E-state index in [0.29, 0.717) is 12.8 Å². The van der Waals surface area contributed by atoms with E-state index >= 15 is 0 Å². The Morgan fingerprint density at radius 3 is 1.72 bits per heavy atom. The van der Waals surface area contributed by atoms with E-state index in [0.717, 1.165) is 139 Å². The van der Waals surface area contributed by atoms with Gasteiger partial charge in [0.2, 0.25) is 0 Å². The van der Waals surface area contributed by atoms with E-state index in [2.05, 4.69) is 45.2 Å². The van der Waals surface area contributed by atoms with Crippen molar-refractivity contribution in [2.45, 2.75) is 188 Å². The zero-order chi connectivity index (χ0) is 42.1. The van der Waals surface area contributed by atoms with Crippen LogP contribution in [0.25, 0.3) is 0 Å². The first-order valence-corrected chi connectivity index (χ1v) is 22.9. The normalized spacial score (nSPS) is 13.7. The van der Waals surface area contributed by atoms with Crippen LogP contribution in [0.15, 0.2) is 14.9 Å². The second kappa shape index (κ2) is 28.5. The molecular weight excluding hydrogens is 753 g/mol. The Kier molecular flexibility index (Phi) is 25.1. The van der Waals surface area contributed by atoms with Crippen LogP contribution in [0.4, 0.5) is 0 Å². The van der Waals surface area contributed by atoms with Crippen LogP contribution in [0.3, 0.4) is 0 Å². The minimum atomic E-state index is -4.74. The number of carboxylic acids is 1. The lowest BCUT2D eigenvalue weighted by Gasteiger charge is -2.20. The lowest BCUT2D eigenvalue weighted by molar-refractivity contribution is -0.161. The van der Waals surface area contributed by atoms with Gasteiger partial charge in [0.05, 0.1) is 13.2 Å². The molecule has 3 atom stereocenters. The molecule has 0 aromatic carbocycles. The third-order valence-electron chi connectivity index (χ3n) is 10.1. The highest BCUT2D eigenvalue weighted by Crippen LogP contribution is 2.43. The Morgan fingerprint density at radius 2 is 1.16 bits per heavy atom. The van der Waals surface area contributed by atoms with E-state index in [1.807, 2.05) is 0 Å². The van der Waals surface area contributed by atoms with E-state index in [-0.39, 0.29) is 19.4 Å². The molecule has 0 fully saturated rings. The fourth-order valence-corrected chi connectivity index (χ4v) is 7.37. The number of ether oxygens (including phenoxy) is 2. The molecule has 2 aromatic rings. The Hall–Kier alpha value is -2.96. The summed E-state index contributed by atoms with van der Waals surface area (Å²) in [6.45, 7) is 8.94. The molecule has 2 rings (SSSR count). The van der Waals surface area contributed by atoms with Gasteiger partial charge in [-0.3, -0.25) is 23.4 Å². The highest BCUT2D eigenvalue weighted by Gasteiger charge is 2.28. The van der Waals surface area contributed by atoms with E-state index in [4.69, 9.17) is 33.7 Å². The summed E-state index contributed by atoms with van der Waals surface area (Å²) in [5.41, 5.74) is 9.12. The van der Waals surface area contributed by atoms with Crippen LogP contribution < -0.4 is 5.73 Å². The topological polar surface area (TPSA) is 198 Å². The lowest BCUT2D eigenvalue weighted by Crippen LogP contribution is -2.34. The lowest BCUT2D eigenvalue weighted by atomic mass is 10.0. The SMILES string of the molecule is CCCc1cc(C)c(CCCCCCCCCCC(=O)OC(COC(=O)CCCCCCCCc2oc(CCC)c(C)c2C)COP(=O)(O)OCC(N)C(=O)O)o1. The van der Waals surface area contributed by atoms with Crippen LogP contribution in [-0.4, -0.2) is 59.9 Å². The Balaban J connectivity index is 1.66. The van der Waals surface area contributed by atoms with Gasteiger partial charge >= 0.3 is 25.7 Å². The summed E-state index contributed by atoms with van der Waals surface area (Å²) >= 11 is 0. The van der Waals surface area contributed by atoms with Crippen LogP contribution in [0.1, 0.15) is 169 Å². The number of esters is 2. The number of phosphoric acid groups is 1. The van der Waals surface area contributed by atoms with Crippen LogP contribution in [-0.2, 0) is 63.2 Å². The summed E-state index contributed by atoms with van der Waals surface area (Å²) in [6.07, 6.45) is 18.9. The van der Waals surface area contributed by atoms with Crippen LogP contribution >= 0.6 is 7.82 Å². The smallest absolute Gasteiger partial charge is 0.472 e. The molecule has 0 saturated heterocycles. The highest BCUT2D eigenvalue weighted by atomic mass is 31.2. The standard InChI is InChI=1S/C43H72NO12P/c1-6-22-35-28-32(3)38(54-35)24-18-14-10-8-9-11-17-21-27-42(46)55-36(30-52-57(49,50)53-31-37(44)43(47)48)29-51-41(45)26-20-16-13-12-15-19-25-40-34(5)33(4)39(56-40)23-7-2/h28,36-37H,6-27,29-31,44H2,1-5H3,(H,47,48)(H,49,50). The van der Waals surface area contributed by atoms with E-state index < -0.39 is 51.1 Å². The molecule has 13 nitrogen and oxygen atoms in total. The first-order valence-electron chi connectivity index (χ1n) is 21.4. The maximum absolute atomic E-state index is 12.7. The number of rotatable bonds is 34. The minimum absolute atomic E-state index is 0.133. The predicted molar refractivity (Wildman–Crippen MR) is 219 cm³/mol. The maximum atomic E-state index is 12.7. The molecule has 326 valence electrons. The number of aliphatic carboxylic acids is 1. The Labute approximate surface area is 340 Å². The number of carbonyl (C=O) groups is 3. The van der Waals surface area contributed by atoms with Gasteiger partial charge in [0.25, 0.3) is 0 Å². The molecule has 0 aliphatic heterocycles. The molecule has 0 radical (unpaired) electrons. The highest BCUT2D eigenvalue weighted by molar-refractivity contribution is 7.47. The quantitative estimate of drug-likeness (QED) is 0.0343. The van der Waals surface area contributed by atoms with Crippen molar-refractivity contribution in [1.29, 1.82) is 0 Å². The molecule has 57 heavy (non-hydrogen) atoms. The molecular formula is C43H72NO12P. The number of hydrogen-bond acceptors (Lipinski definition) is 11. The number of nitrogens with two attached hydrogens (primary N) is 1. The van der Waals surface area contributed by atoms with Crippen molar-refractivity contribution in [3.05, 3.63) is 45.8 Å². The summed E-state index contributed by atoms with van der Waals surface area (Å²) < 4.78 is 44.8. The molecule has 0 aliphatic carbocycles. The number of unbranched alkanes of at least 4 members (excludes halogenated alkanes) is 12. The first kappa shape index (κ1) is 50.2. The number of phosphoric ester groups is 1. The average molecular weight is 826 g/mol. The van der Waals surface area contributed by atoms with Crippen LogP contribution in [0.5, 0.6) is 0 Å². The monoisotopic (exact) mass is 825 g/mol. The van der Waals surface area contributed by atoms with Crippen molar-refractivity contribution < 1.29 is 56.3 Å². The van der Waals surface area contributed by atoms with Crippen molar-refractivity contribution in [3.8, 4) is 0 Å². The predicted octanol–water partition coefficient (Wildman–Crippen LogP) is 9.73. The number of carbonyl (C=O) groups excluding carboxylic acids is 2. The van der Waals surface area contributed by atoms with E-state index in [1.165, 1.54) is 16.7 Å². The minimum Gasteiger partial charge on any atom is -0.480 e. The zero-order valence-corrected chi connectivity index (χ0v) is 36.3. The fourth-order valence-electron chi connectivity index (χ4n) is 6.59. The molecule has 0 spiro atoms. The van der Waals surface area contributed by atoms with Crippen molar-refractivity contribution >= 4 is 25.7 Å². The molecule has 4 N–H and O–H groups in total. The number of hydrogen-bond donors (Lipinski definition) is 3. The van der Waals surface area contributed by atoms with Gasteiger partial charge in [-0.2, -0.15) is 0 Å². The van der Waals surface area contributed by atoms with Crippen molar-refractivity contribution in [3.63, 3.8) is 0 Å². The second-order valence-electron chi connectivity index (χ2n) is 15.3. The average Bonchev–Trinajstić information content (AvgIpc) is 3.65. The van der Waals surface area contributed by atoms with Gasteiger partial charge in [-0.15, -0.1) is 0 Å². The maximum Gasteiger partial charge on any atom is 0.472 e. The van der Waals surface area contributed by atoms with Crippen molar-refractivity contribution in [2.24, 2.45) is 5.73 Å². The molecule has 0 saturated carbocycles. The molecule has 2 heterocycles. The molecule has 3 unspecified atom stereocenters. The van der Waals surface area contributed by atoms with E-state index in [1.54, 1.807) is 0 Å². The van der Waals surface area contributed by atoms with Gasteiger partial charge < -0.3 is 34.0 Å². The summed E-state index contributed by atoms with van der Waals surface area (Å²) in [5.74, 6) is 1.94. The van der Waals surface area contributed by atoms with Gasteiger partial charge in [-0.05, 0) is 82.1 Å². The Morgan fingerprint density at radius 1 is 0.667 bits per heavy atom. The third kappa shape index (κ3) is 21.6. The number of carboxylic acid groups (broad SMARTS) is 1. The summed E-state index contributed by atoms with van der Waals surface area (Å²) in [7, 11) is -4.74. The fraction of sp³-hybridized carbons (Fsp3) is 0.744. The van der Waals surface area contributed by atoms with Gasteiger partial charge in [0.15, 0.2) is 6.10 Å². The summed E-state index contributed by atoms with van der Waals surface area (Å²) in [4.78, 5) is 46.1. The van der Waals surface area contributed by atoms with Gasteiger partial charge in [0.1, 0.15) is 35.7 Å². The summed E-state index contributed by atoms with van der Waals surface area (Å²) in [6, 6.07) is 0.622. The van der Waals surface area contributed by atoms with Gasteiger partial charge in [-0.1, -0.05) is 78.1 Å². The molecule has 0 amide bonds. The summed E-state index contributed by atoms with van der Waals surface area (Å²) in [5, 5.41) is 8.90. The van der Waals surface area contributed by atoms with E-state index in [9.17, 15) is 23.8 Å². The van der Waals surface area contributed by atoms with Crippen LogP contribution in [0.2, 0.25) is 0 Å². The molecule has 2 aromatic heterocycles. The number of aryl methyl sites for hydroxylation is 5. The van der Waals surface area contributed by atoms with Gasteiger partial charge in [0, 0.05) is 38.5 Å². The third-order valence-corrected chi connectivity index (χ3v) is 11.1. The first-order chi connectivity index (χ1) is 27.3.